The Hall–Kier alpha value is -1.40. The number of hydrogen-bond donors (Lipinski definition) is 1. The number of rotatable bonds is 5. The van der Waals surface area contributed by atoms with Crippen LogP contribution in [0.15, 0.2) is 41.8 Å². The summed E-state index contributed by atoms with van der Waals surface area (Å²) >= 11 is 9.50. The molecule has 120 valence electrons. The molecule has 2 aromatic heterocycles. The van der Waals surface area contributed by atoms with Crippen molar-refractivity contribution in [3.8, 4) is 0 Å². The fraction of sp³-hybridized carbons (Fsp3) is 0.235. The van der Waals surface area contributed by atoms with Crippen molar-refractivity contribution in [3.63, 3.8) is 0 Å². The number of benzene rings is 1. The number of carbonyl (C=O) groups is 1. The molecule has 2 heterocycles. The first kappa shape index (κ1) is 16.5. The molecule has 1 atom stereocenters. The van der Waals surface area contributed by atoms with Gasteiger partial charge in [0.05, 0.1) is 11.1 Å². The standard InChI is InChI=1S/C17H17ClN2OS2/c1-20(2)12(14-8-5-9-22-14)10-19-17(21)16-15(18)11-6-3-4-7-13(11)23-16/h3-9,12H,10H2,1-2H3,(H,19,21). The van der Waals surface area contributed by atoms with Crippen molar-refractivity contribution in [1.29, 1.82) is 0 Å². The van der Waals surface area contributed by atoms with E-state index in [0.29, 0.717) is 16.4 Å². The van der Waals surface area contributed by atoms with Gasteiger partial charge >= 0.3 is 0 Å². The zero-order valence-corrected chi connectivity index (χ0v) is 15.3. The molecule has 0 bridgehead atoms. The van der Waals surface area contributed by atoms with Crippen molar-refractivity contribution in [2.24, 2.45) is 0 Å². The quantitative estimate of drug-likeness (QED) is 0.714. The highest BCUT2D eigenvalue weighted by Gasteiger charge is 2.20. The van der Waals surface area contributed by atoms with E-state index >= 15 is 0 Å². The normalized spacial score (nSPS) is 12.7. The summed E-state index contributed by atoms with van der Waals surface area (Å²) in [5.41, 5.74) is 0. The molecule has 23 heavy (non-hydrogen) atoms. The number of amides is 1. The van der Waals surface area contributed by atoms with Gasteiger partial charge in [-0.2, -0.15) is 0 Å². The van der Waals surface area contributed by atoms with Crippen LogP contribution in [0.1, 0.15) is 20.6 Å². The lowest BCUT2D eigenvalue weighted by Crippen LogP contribution is -2.33. The molecule has 0 aliphatic carbocycles. The lowest BCUT2D eigenvalue weighted by molar-refractivity contribution is 0.0946. The summed E-state index contributed by atoms with van der Waals surface area (Å²) in [7, 11) is 4.03. The summed E-state index contributed by atoms with van der Waals surface area (Å²) < 4.78 is 1.03. The Morgan fingerprint density at radius 2 is 2.04 bits per heavy atom. The number of halogens is 1. The highest BCUT2D eigenvalue weighted by molar-refractivity contribution is 7.21. The third kappa shape index (κ3) is 3.43. The van der Waals surface area contributed by atoms with Crippen molar-refractivity contribution in [3.05, 3.63) is 56.6 Å². The second kappa shape index (κ2) is 7.01. The molecule has 0 spiro atoms. The molecule has 0 fully saturated rings. The van der Waals surface area contributed by atoms with Gasteiger partial charge in [-0.05, 0) is 31.6 Å². The van der Waals surface area contributed by atoms with E-state index in [1.54, 1.807) is 11.3 Å². The number of carbonyl (C=O) groups excluding carboxylic acids is 1. The van der Waals surface area contributed by atoms with Crippen LogP contribution in [0.5, 0.6) is 0 Å². The number of likely N-dealkylation sites (N-methyl/N-ethyl adjacent to an activating group) is 1. The SMILES string of the molecule is CN(C)C(CNC(=O)c1sc2ccccc2c1Cl)c1cccs1. The summed E-state index contributed by atoms with van der Waals surface area (Å²) in [4.78, 5) is 16.5. The molecular weight excluding hydrogens is 348 g/mol. The van der Waals surface area contributed by atoms with Gasteiger partial charge < -0.3 is 10.2 Å². The van der Waals surface area contributed by atoms with Gasteiger partial charge in [0, 0.05) is 21.5 Å². The Balaban J connectivity index is 1.76. The smallest absolute Gasteiger partial charge is 0.262 e. The van der Waals surface area contributed by atoms with E-state index in [4.69, 9.17) is 11.6 Å². The molecule has 3 aromatic rings. The Kier molecular flexibility index (Phi) is 5.02. The zero-order valence-electron chi connectivity index (χ0n) is 12.9. The molecule has 3 nitrogen and oxygen atoms in total. The number of thiophene rings is 2. The van der Waals surface area contributed by atoms with Crippen molar-refractivity contribution >= 4 is 50.3 Å². The van der Waals surface area contributed by atoms with E-state index in [0.717, 1.165) is 10.1 Å². The van der Waals surface area contributed by atoms with Crippen LogP contribution in [0.4, 0.5) is 0 Å². The molecule has 1 unspecified atom stereocenters. The summed E-state index contributed by atoms with van der Waals surface area (Å²) in [6, 6.07) is 12.1. The van der Waals surface area contributed by atoms with E-state index in [1.165, 1.54) is 16.2 Å². The molecular formula is C17H17ClN2OS2. The number of hydrogen-bond acceptors (Lipinski definition) is 4. The molecule has 1 amide bonds. The predicted molar refractivity (Wildman–Crippen MR) is 99.9 cm³/mol. The number of nitrogens with zero attached hydrogens (tertiary/aromatic N) is 1. The Morgan fingerprint density at radius 3 is 2.70 bits per heavy atom. The van der Waals surface area contributed by atoms with Gasteiger partial charge in [-0.25, -0.2) is 0 Å². The summed E-state index contributed by atoms with van der Waals surface area (Å²) in [6.45, 7) is 0.553. The Bertz CT molecular complexity index is 811. The minimum Gasteiger partial charge on any atom is -0.349 e. The first-order valence-electron chi connectivity index (χ1n) is 7.23. The second-order valence-electron chi connectivity index (χ2n) is 5.45. The molecule has 0 aliphatic rings. The first-order valence-corrected chi connectivity index (χ1v) is 9.30. The molecule has 0 saturated heterocycles. The second-order valence-corrected chi connectivity index (χ2v) is 7.86. The highest BCUT2D eigenvalue weighted by Crippen LogP contribution is 2.35. The average Bonchev–Trinajstić information content (AvgIpc) is 3.16. The summed E-state index contributed by atoms with van der Waals surface area (Å²) in [6.07, 6.45) is 0. The third-order valence-electron chi connectivity index (χ3n) is 3.69. The summed E-state index contributed by atoms with van der Waals surface area (Å²) in [5.74, 6) is -0.111. The molecule has 6 heteroatoms. The minimum absolute atomic E-state index is 0.111. The van der Waals surface area contributed by atoms with Crippen LogP contribution in [0, 0.1) is 0 Å². The van der Waals surface area contributed by atoms with Gasteiger partial charge in [-0.3, -0.25) is 4.79 Å². The lowest BCUT2D eigenvalue weighted by Gasteiger charge is -2.23. The minimum atomic E-state index is -0.111. The van der Waals surface area contributed by atoms with Crippen molar-refractivity contribution in [1.82, 2.24) is 10.2 Å². The van der Waals surface area contributed by atoms with Crippen LogP contribution >= 0.6 is 34.3 Å². The largest absolute Gasteiger partial charge is 0.349 e. The fourth-order valence-corrected chi connectivity index (χ4v) is 4.80. The van der Waals surface area contributed by atoms with Crippen molar-refractivity contribution < 1.29 is 4.79 Å². The monoisotopic (exact) mass is 364 g/mol. The molecule has 1 N–H and O–H groups in total. The summed E-state index contributed by atoms with van der Waals surface area (Å²) in [5, 5.41) is 6.55. The van der Waals surface area contributed by atoms with Crippen LogP contribution in [0.2, 0.25) is 5.02 Å². The van der Waals surface area contributed by atoms with Gasteiger partial charge in [0.25, 0.3) is 5.91 Å². The van der Waals surface area contributed by atoms with Gasteiger partial charge in [0.1, 0.15) is 4.88 Å². The van der Waals surface area contributed by atoms with Gasteiger partial charge in [-0.15, -0.1) is 22.7 Å². The average molecular weight is 365 g/mol. The molecule has 1 aromatic carbocycles. The van der Waals surface area contributed by atoms with E-state index in [2.05, 4.69) is 21.7 Å². The van der Waals surface area contributed by atoms with Crippen LogP contribution in [-0.2, 0) is 0 Å². The van der Waals surface area contributed by atoms with E-state index in [1.807, 2.05) is 44.4 Å². The van der Waals surface area contributed by atoms with E-state index < -0.39 is 0 Å². The topological polar surface area (TPSA) is 32.3 Å². The number of fused-ring (bicyclic) bond motifs is 1. The maximum Gasteiger partial charge on any atom is 0.262 e. The predicted octanol–water partition coefficient (Wildman–Crippen LogP) is 4.65. The van der Waals surface area contributed by atoms with E-state index in [-0.39, 0.29) is 11.9 Å². The molecule has 0 radical (unpaired) electrons. The lowest BCUT2D eigenvalue weighted by atomic mass is 10.2. The van der Waals surface area contributed by atoms with Gasteiger partial charge in [-0.1, -0.05) is 35.9 Å². The van der Waals surface area contributed by atoms with Crippen LogP contribution in [0.3, 0.4) is 0 Å². The zero-order chi connectivity index (χ0) is 16.4. The Labute approximate surface area is 148 Å². The van der Waals surface area contributed by atoms with Crippen LogP contribution in [0.25, 0.3) is 10.1 Å². The first-order chi connectivity index (χ1) is 11.1. The van der Waals surface area contributed by atoms with Crippen LogP contribution in [-0.4, -0.2) is 31.4 Å². The number of nitrogens with one attached hydrogen (secondary N) is 1. The van der Waals surface area contributed by atoms with E-state index in [9.17, 15) is 4.79 Å². The van der Waals surface area contributed by atoms with Crippen molar-refractivity contribution in [2.45, 2.75) is 6.04 Å². The van der Waals surface area contributed by atoms with Gasteiger partial charge in [0.15, 0.2) is 0 Å². The maximum absolute atomic E-state index is 12.5. The molecule has 0 aliphatic heterocycles. The Morgan fingerprint density at radius 1 is 1.26 bits per heavy atom. The van der Waals surface area contributed by atoms with Gasteiger partial charge in [0.2, 0.25) is 0 Å². The van der Waals surface area contributed by atoms with Crippen molar-refractivity contribution in [2.75, 3.05) is 20.6 Å². The third-order valence-corrected chi connectivity index (χ3v) is 6.34. The van der Waals surface area contributed by atoms with Crippen LogP contribution < -0.4 is 5.32 Å². The maximum atomic E-state index is 12.5. The fourth-order valence-electron chi connectivity index (χ4n) is 2.45. The highest BCUT2D eigenvalue weighted by atomic mass is 35.5. The molecule has 0 saturated carbocycles. The molecule has 3 rings (SSSR count).